The molecule has 1 aromatic rings. The van der Waals surface area contributed by atoms with E-state index < -0.39 is 0 Å². The van der Waals surface area contributed by atoms with Gasteiger partial charge in [0.25, 0.3) is 5.91 Å². The lowest BCUT2D eigenvalue weighted by atomic mass is 9.98. The zero-order valence-electron chi connectivity index (χ0n) is 12.7. The summed E-state index contributed by atoms with van der Waals surface area (Å²) in [6.45, 7) is 3.84. The van der Waals surface area contributed by atoms with Crippen LogP contribution in [0.2, 0.25) is 0 Å². The minimum Gasteiger partial charge on any atom is -0.337 e. The number of carbonyl (C=O) groups is 2. The highest BCUT2D eigenvalue weighted by atomic mass is 32.1. The largest absolute Gasteiger partial charge is 0.337 e. The van der Waals surface area contributed by atoms with Crippen LogP contribution in [0.3, 0.4) is 0 Å². The Balaban J connectivity index is 1.70. The summed E-state index contributed by atoms with van der Waals surface area (Å²) in [6.07, 6.45) is 4.70. The maximum Gasteiger partial charge on any atom is 0.270 e. The molecule has 0 bridgehead atoms. The van der Waals surface area contributed by atoms with E-state index in [1.165, 1.54) is 5.01 Å². The monoisotopic (exact) mass is 320 g/mol. The van der Waals surface area contributed by atoms with Gasteiger partial charge in [-0.3, -0.25) is 9.59 Å². The van der Waals surface area contributed by atoms with Gasteiger partial charge >= 0.3 is 0 Å². The second-order valence-electron chi connectivity index (χ2n) is 5.62. The lowest BCUT2D eigenvalue weighted by molar-refractivity contribution is -0.132. The number of amides is 2. The summed E-state index contributed by atoms with van der Waals surface area (Å²) in [5.41, 5.74) is 0.515. The number of rotatable bonds is 3. The summed E-state index contributed by atoms with van der Waals surface area (Å²) >= 11 is 1.65. The van der Waals surface area contributed by atoms with Crippen molar-refractivity contribution >= 4 is 28.9 Å². The van der Waals surface area contributed by atoms with Gasteiger partial charge in [-0.15, -0.1) is 11.3 Å². The van der Waals surface area contributed by atoms with Crippen LogP contribution < -0.4 is 0 Å². The molecule has 7 heteroatoms. The molecule has 3 rings (SSSR count). The summed E-state index contributed by atoms with van der Waals surface area (Å²) < 4.78 is 0. The molecule has 0 N–H and O–H groups in total. The lowest BCUT2D eigenvalue weighted by Gasteiger charge is -2.33. The van der Waals surface area contributed by atoms with Gasteiger partial charge in [-0.25, -0.2) is 9.99 Å². The molecule has 0 aliphatic carbocycles. The number of likely N-dealkylation sites (tertiary alicyclic amines) is 1. The van der Waals surface area contributed by atoms with Crippen LogP contribution in [0.5, 0.6) is 0 Å². The topological polar surface area (TPSA) is 65.9 Å². The van der Waals surface area contributed by atoms with Crippen molar-refractivity contribution in [1.29, 1.82) is 0 Å². The third-order valence-electron chi connectivity index (χ3n) is 4.16. The Labute approximate surface area is 133 Å². The van der Waals surface area contributed by atoms with E-state index in [0.717, 1.165) is 24.4 Å². The van der Waals surface area contributed by atoms with Crippen LogP contribution in [0, 0.1) is 0 Å². The zero-order chi connectivity index (χ0) is 15.5. The van der Waals surface area contributed by atoms with Crippen molar-refractivity contribution in [3.05, 3.63) is 16.6 Å². The minimum absolute atomic E-state index is 0.00152. The van der Waals surface area contributed by atoms with Crippen LogP contribution in [0.4, 0.5) is 0 Å². The SMILES string of the molecule is CCN1N=C(C(=O)N2CCC[C@H](c3nccs3)C2)CCC1=O. The van der Waals surface area contributed by atoms with Gasteiger partial charge in [-0.2, -0.15) is 5.10 Å². The van der Waals surface area contributed by atoms with E-state index >= 15 is 0 Å². The number of aromatic nitrogens is 1. The first kappa shape index (κ1) is 15.1. The highest BCUT2D eigenvalue weighted by Crippen LogP contribution is 2.28. The highest BCUT2D eigenvalue weighted by Gasteiger charge is 2.31. The summed E-state index contributed by atoms with van der Waals surface area (Å²) in [5, 5.41) is 8.73. The molecule has 3 heterocycles. The molecule has 2 aliphatic rings. The number of hydrogen-bond donors (Lipinski definition) is 0. The van der Waals surface area contributed by atoms with E-state index in [0.29, 0.717) is 37.6 Å². The van der Waals surface area contributed by atoms with E-state index in [2.05, 4.69) is 10.1 Å². The number of thiazole rings is 1. The maximum absolute atomic E-state index is 12.7. The van der Waals surface area contributed by atoms with Crippen molar-refractivity contribution in [3.8, 4) is 0 Å². The van der Waals surface area contributed by atoms with E-state index in [1.54, 1.807) is 11.3 Å². The third-order valence-corrected chi connectivity index (χ3v) is 5.10. The van der Waals surface area contributed by atoms with Gasteiger partial charge in [0, 0.05) is 50.0 Å². The van der Waals surface area contributed by atoms with E-state index in [4.69, 9.17) is 0 Å². The van der Waals surface area contributed by atoms with Crippen molar-refractivity contribution in [3.63, 3.8) is 0 Å². The molecule has 6 nitrogen and oxygen atoms in total. The molecule has 1 aromatic heterocycles. The van der Waals surface area contributed by atoms with Crippen LogP contribution in [-0.2, 0) is 9.59 Å². The predicted octanol–water partition coefficient (Wildman–Crippen LogP) is 1.85. The number of hydrogen-bond acceptors (Lipinski definition) is 5. The predicted molar refractivity (Wildman–Crippen MR) is 84.7 cm³/mol. The fourth-order valence-electron chi connectivity index (χ4n) is 2.98. The molecule has 0 saturated carbocycles. The average molecular weight is 320 g/mol. The van der Waals surface area contributed by atoms with Gasteiger partial charge in [0.15, 0.2) is 0 Å². The molecule has 118 valence electrons. The average Bonchev–Trinajstić information content (AvgIpc) is 3.09. The molecule has 0 spiro atoms. The van der Waals surface area contributed by atoms with Crippen LogP contribution >= 0.6 is 11.3 Å². The Hall–Kier alpha value is -1.76. The molecule has 2 amide bonds. The first-order valence-corrected chi connectivity index (χ1v) is 8.63. The van der Waals surface area contributed by atoms with Gasteiger partial charge in [0.2, 0.25) is 5.91 Å². The molecule has 0 radical (unpaired) electrons. The summed E-state index contributed by atoms with van der Waals surface area (Å²) in [4.78, 5) is 30.6. The van der Waals surface area contributed by atoms with Gasteiger partial charge in [0.1, 0.15) is 5.71 Å². The number of carbonyl (C=O) groups excluding carboxylic acids is 2. The first-order chi connectivity index (χ1) is 10.7. The zero-order valence-corrected chi connectivity index (χ0v) is 13.5. The van der Waals surface area contributed by atoms with Crippen molar-refractivity contribution in [2.24, 2.45) is 5.10 Å². The van der Waals surface area contributed by atoms with Crippen molar-refractivity contribution in [2.45, 2.75) is 38.5 Å². The number of piperidine rings is 1. The summed E-state index contributed by atoms with van der Waals surface area (Å²) in [6, 6.07) is 0. The fraction of sp³-hybridized carbons (Fsp3) is 0.600. The first-order valence-electron chi connectivity index (χ1n) is 7.75. The van der Waals surface area contributed by atoms with Crippen LogP contribution in [-0.4, -0.2) is 52.1 Å². The molecule has 2 aliphatic heterocycles. The van der Waals surface area contributed by atoms with Crippen LogP contribution in [0.15, 0.2) is 16.7 Å². The Morgan fingerprint density at radius 1 is 1.45 bits per heavy atom. The second-order valence-corrected chi connectivity index (χ2v) is 6.54. The van der Waals surface area contributed by atoms with E-state index in [9.17, 15) is 9.59 Å². The third kappa shape index (κ3) is 3.04. The molecule has 0 unspecified atom stereocenters. The Morgan fingerprint density at radius 2 is 2.32 bits per heavy atom. The molecular weight excluding hydrogens is 300 g/mol. The van der Waals surface area contributed by atoms with Gasteiger partial charge in [-0.05, 0) is 19.8 Å². The van der Waals surface area contributed by atoms with Gasteiger partial charge in [-0.1, -0.05) is 0 Å². The maximum atomic E-state index is 12.7. The quantitative estimate of drug-likeness (QED) is 0.853. The Morgan fingerprint density at radius 3 is 3.05 bits per heavy atom. The fourth-order valence-corrected chi connectivity index (χ4v) is 3.75. The molecule has 22 heavy (non-hydrogen) atoms. The second kappa shape index (κ2) is 6.56. The molecule has 0 aromatic carbocycles. The summed E-state index contributed by atoms with van der Waals surface area (Å²) in [5.74, 6) is 0.302. The minimum atomic E-state index is -0.0211. The van der Waals surface area contributed by atoms with Gasteiger partial charge < -0.3 is 4.90 Å². The van der Waals surface area contributed by atoms with Gasteiger partial charge in [0.05, 0.1) is 5.01 Å². The van der Waals surface area contributed by atoms with Crippen LogP contribution in [0.25, 0.3) is 0 Å². The van der Waals surface area contributed by atoms with Crippen molar-refractivity contribution in [1.82, 2.24) is 14.9 Å². The molecule has 1 atom stereocenters. The van der Waals surface area contributed by atoms with E-state index in [-0.39, 0.29) is 11.8 Å². The van der Waals surface area contributed by atoms with Crippen molar-refractivity contribution < 1.29 is 9.59 Å². The highest BCUT2D eigenvalue weighted by molar-refractivity contribution is 7.09. The summed E-state index contributed by atoms with van der Waals surface area (Å²) in [7, 11) is 0. The van der Waals surface area contributed by atoms with Crippen molar-refractivity contribution in [2.75, 3.05) is 19.6 Å². The Kier molecular flexibility index (Phi) is 4.52. The number of hydrazone groups is 1. The Bertz CT molecular complexity index is 584. The van der Waals surface area contributed by atoms with Crippen LogP contribution in [0.1, 0.15) is 43.5 Å². The molecule has 1 fully saturated rings. The molecular formula is C15H20N4O2S. The standard InChI is InChI=1S/C15H20N4O2S/c1-2-19-13(20)6-5-12(17-19)15(21)18-8-3-4-11(10-18)14-16-7-9-22-14/h7,9,11H,2-6,8,10H2,1H3/t11-/m0/s1. The number of nitrogens with zero attached hydrogens (tertiary/aromatic N) is 4. The normalized spacial score (nSPS) is 22.7. The lowest BCUT2D eigenvalue weighted by Crippen LogP contribution is -2.45. The smallest absolute Gasteiger partial charge is 0.270 e. The molecule has 1 saturated heterocycles. The van der Waals surface area contributed by atoms with E-state index in [1.807, 2.05) is 23.4 Å².